The molecule has 0 radical (unpaired) electrons. The third kappa shape index (κ3) is 3.10. The molecule has 2 unspecified atom stereocenters. The fraction of sp³-hybridized carbons (Fsp3) is 0.625. The summed E-state index contributed by atoms with van der Waals surface area (Å²) in [6.45, 7) is 7.73. The lowest BCUT2D eigenvalue weighted by atomic mass is 9.93. The van der Waals surface area contributed by atoms with E-state index in [0.29, 0.717) is 0 Å². The summed E-state index contributed by atoms with van der Waals surface area (Å²) in [4.78, 5) is 0. The lowest BCUT2D eigenvalue weighted by Gasteiger charge is -2.20. The predicted molar refractivity (Wildman–Crippen MR) is 74.4 cm³/mol. The number of nitrogens with one attached hydrogen (secondary N) is 1. The van der Waals surface area contributed by atoms with Gasteiger partial charge < -0.3 is 5.32 Å². The molecule has 0 saturated heterocycles. The van der Waals surface area contributed by atoms with E-state index in [1.54, 1.807) is 0 Å². The summed E-state index contributed by atoms with van der Waals surface area (Å²) >= 11 is 0. The summed E-state index contributed by atoms with van der Waals surface area (Å²) in [5.74, 6) is 0.844. The SMILES string of the molecule is CCNC1CCCC1Cc1ccc(C)c(C)c1. The first kappa shape index (κ1) is 12.6. The van der Waals surface area contributed by atoms with Gasteiger partial charge in [-0.1, -0.05) is 31.5 Å². The van der Waals surface area contributed by atoms with Gasteiger partial charge in [0.05, 0.1) is 0 Å². The summed E-state index contributed by atoms with van der Waals surface area (Å²) in [7, 11) is 0. The Hall–Kier alpha value is -0.820. The van der Waals surface area contributed by atoms with E-state index >= 15 is 0 Å². The number of benzene rings is 1. The molecule has 0 amide bonds. The molecule has 0 aliphatic heterocycles. The molecule has 0 aromatic heterocycles. The highest BCUT2D eigenvalue weighted by atomic mass is 14.9. The first-order chi connectivity index (χ1) is 8.20. The highest BCUT2D eigenvalue weighted by Crippen LogP contribution is 2.29. The maximum atomic E-state index is 3.64. The van der Waals surface area contributed by atoms with E-state index < -0.39 is 0 Å². The van der Waals surface area contributed by atoms with Crippen LogP contribution in [0.2, 0.25) is 0 Å². The van der Waals surface area contributed by atoms with Gasteiger partial charge in [-0.15, -0.1) is 0 Å². The van der Waals surface area contributed by atoms with Crippen LogP contribution >= 0.6 is 0 Å². The van der Waals surface area contributed by atoms with Crippen molar-refractivity contribution in [1.82, 2.24) is 5.32 Å². The normalized spacial score (nSPS) is 24.2. The maximum Gasteiger partial charge on any atom is 0.00983 e. The molecular weight excluding hydrogens is 206 g/mol. The maximum absolute atomic E-state index is 3.64. The zero-order valence-electron chi connectivity index (χ0n) is 11.4. The molecule has 2 atom stereocenters. The van der Waals surface area contributed by atoms with Crippen molar-refractivity contribution in [2.45, 2.75) is 52.5 Å². The zero-order chi connectivity index (χ0) is 12.3. The minimum atomic E-state index is 0.751. The molecule has 2 rings (SSSR count). The largest absolute Gasteiger partial charge is 0.314 e. The standard InChI is InChI=1S/C16H25N/c1-4-17-16-7-5-6-15(16)11-14-9-8-12(2)13(3)10-14/h8-10,15-17H,4-7,11H2,1-3H3. The van der Waals surface area contributed by atoms with Crippen molar-refractivity contribution in [2.75, 3.05) is 6.54 Å². The molecule has 1 aliphatic rings. The van der Waals surface area contributed by atoms with Gasteiger partial charge in [-0.05, 0) is 62.3 Å². The third-order valence-electron chi connectivity index (χ3n) is 4.19. The fourth-order valence-corrected chi connectivity index (χ4v) is 3.05. The lowest BCUT2D eigenvalue weighted by Crippen LogP contribution is -2.33. The van der Waals surface area contributed by atoms with Gasteiger partial charge in [-0.2, -0.15) is 0 Å². The smallest absolute Gasteiger partial charge is 0.00983 e. The van der Waals surface area contributed by atoms with Crippen molar-refractivity contribution in [1.29, 1.82) is 0 Å². The fourth-order valence-electron chi connectivity index (χ4n) is 3.05. The Kier molecular flexibility index (Phi) is 4.22. The van der Waals surface area contributed by atoms with E-state index in [-0.39, 0.29) is 0 Å². The lowest BCUT2D eigenvalue weighted by molar-refractivity contribution is 0.406. The number of hydrogen-bond acceptors (Lipinski definition) is 1. The summed E-state index contributed by atoms with van der Waals surface area (Å²) in [5, 5.41) is 3.64. The van der Waals surface area contributed by atoms with Crippen LogP contribution in [-0.4, -0.2) is 12.6 Å². The predicted octanol–water partition coefficient (Wildman–Crippen LogP) is 3.62. The molecule has 1 aromatic carbocycles. The van der Waals surface area contributed by atoms with Crippen molar-refractivity contribution >= 4 is 0 Å². The van der Waals surface area contributed by atoms with Gasteiger partial charge in [0, 0.05) is 6.04 Å². The molecule has 1 aromatic rings. The average Bonchev–Trinajstić information content (AvgIpc) is 2.72. The summed E-state index contributed by atoms with van der Waals surface area (Å²) in [6, 6.07) is 7.70. The third-order valence-corrected chi connectivity index (χ3v) is 4.19. The van der Waals surface area contributed by atoms with Crippen LogP contribution in [0.1, 0.15) is 42.9 Å². The Bertz CT molecular complexity index is 370. The van der Waals surface area contributed by atoms with Gasteiger partial charge in [-0.3, -0.25) is 0 Å². The minimum absolute atomic E-state index is 0.751. The molecule has 1 nitrogen and oxygen atoms in total. The second-order valence-electron chi connectivity index (χ2n) is 5.48. The van der Waals surface area contributed by atoms with Crippen LogP contribution in [0, 0.1) is 19.8 Å². The molecule has 94 valence electrons. The molecule has 1 N–H and O–H groups in total. The van der Waals surface area contributed by atoms with Crippen molar-refractivity contribution in [2.24, 2.45) is 5.92 Å². The van der Waals surface area contributed by atoms with E-state index in [2.05, 4.69) is 44.3 Å². The quantitative estimate of drug-likeness (QED) is 0.834. The molecule has 0 bridgehead atoms. The molecule has 1 saturated carbocycles. The van der Waals surface area contributed by atoms with Gasteiger partial charge in [0.2, 0.25) is 0 Å². The van der Waals surface area contributed by atoms with E-state index in [4.69, 9.17) is 0 Å². The van der Waals surface area contributed by atoms with Gasteiger partial charge >= 0.3 is 0 Å². The van der Waals surface area contributed by atoms with E-state index in [1.807, 2.05) is 0 Å². The first-order valence-electron chi connectivity index (χ1n) is 7.00. The Morgan fingerprint density at radius 2 is 2.00 bits per heavy atom. The highest BCUT2D eigenvalue weighted by Gasteiger charge is 2.26. The highest BCUT2D eigenvalue weighted by molar-refractivity contribution is 5.30. The van der Waals surface area contributed by atoms with E-state index in [0.717, 1.165) is 18.5 Å². The number of aryl methyl sites for hydroxylation is 2. The van der Waals surface area contributed by atoms with Crippen LogP contribution in [0.4, 0.5) is 0 Å². The van der Waals surface area contributed by atoms with Crippen molar-refractivity contribution in [3.05, 3.63) is 34.9 Å². The summed E-state index contributed by atoms with van der Waals surface area (Å²) in [6.07, 6.45) is 5.40. The molecular formula is C16H25N. The summed E-state index contributed by atoms with van der Waals surface area (Å²) < 4.78 is 0. The molecule has 1 fully saturated rings. The Labute approximate surface area is 106 Å². The monoisotopic (exact) mass is 231 g/mol. The van der Waals surface area contributed by atoms with Crippen LogP contribution in [0.25, 0.3) is 0 Å². The molecule has 17 heavy (non-hydrogen) atoms. The Morgan fingerprint density at radius 3 is 2.71 bits per heavy atom. The van der Waals surface area contributed by atoms with Gasteiger partial charge in [0.15, 0.2) is 0 Å². The van der Waals surface area contributed by atoms with Gasteiger partial charge in [-0.25, -0.2) is 0 Å². The Morgan fingerprint density at radius 1 is 1.18 bits per heavy atom. The second kappa shape index (κ2) is 5.68. The first-order valence-corrected chi connectivity index (χ1v) is 7.00. The topological polar surface area (TPSA) is 12.0 Å². The van der Waals surface area contributed by atoms with Gasteiger partial charge in [0.25, 0.3) is 0 Å². The Balaban J connectivity index is 2.02. The van der Waals surface area contributed by atoms with E-state index in [1.165, 1.54) is 42.4 Å². The van der Waals surface area contributed by atoms with Crippen molar-refractivity contribution in [3.63, 3.8) is 0 Å². The van der Waals surface area contributed by atoms with Crippen LogP contribution in [-0.2, 0) is 6.42 Å². The number of hydrogen-bond donors (Lipinski definition) is 1. The number of rotatable bonds is 4. The average molecular weight is 231 g/mol. The van der Waals surface area contributed by atoms with Crippen molar-refractivity contribution < 1.29 is 0 Å². The van der Waals surface area contributed by atoms with Crippen LogP contribution < -0.4 is 5.32 Å². The molecule has 1 heteroatoms. The van der Waals surface area contributed by atoms with Crippen LogP contribution in [0.15, 0.2) is 18.2 Å². The minimum Gasteiger partial charge on any atom is -0.314 e. The molecule has 0 spiro atoms. The van der Waals surface area contributed by atoms with E-state index in [9.17, 15) is 0 Å². The summed E-state index contributed by atoms with van der Waals surface area (Å²) in [5.41, 5.74) is 4.35. The van der Waals surface area contributed by atoms with Crippen LogP contribution in [0.5, 0.6) is 0 Å². The van der Waals surface area contributed by atoms with Crippen LogP contribution in [0.3, 0.4) is 0 Å². The van der Waals surface area contributed by atoms with Crippen molar-refractivity contribution in [3.8, 4) is 0 Å². The van der Waals surface area contributed by atoms with Gasteiger partial charge in [0.1, 0.15) is 0 Å². The second-order valence-corrected chi connectivity index (χ2v) is 5.48. The molecule has 0 heterocycles. The molecule has 1 aliphatic carbocycles. The zero-order valence-corrected chi connectivity index (χ0v) is 11.4.